The lowest BCUT2D eigenvalue weighted by atomic mass is 9.88. The van der Waals surface area contributed by atoms with Crippen molar-refractivity contribution >= 4 is 29.2 Å². The largest absolute Gasteiger partial charge is 0.328 e. The summed E-state index contributed by atoms with van der Waals surface area (Å²) in [5.74, 6) is -1.52. The molecule has 7 nitrogen and oxygen atoms in total. The van der Waals surface area contributed by atoms with Crippen LogP contribution in [0.4, 0.5) is 4.79 Å². The lowest BCUT2D eigenvalue weighted by molar-refractivity contribution is -1.13. The van der Waals surface area contributed by atoms with E-state index in [4.69, 9.17) is 0 Å². The summed E-state index contributed by atoms with van der Waals surface area (Å²) in [7, 11) is 0. The SMILES string of the molecule is O=C1NC(=O)C(c2cccs2)([N+]2(O)CCCCC2)C(=O)N1. The average molecular weight is 310 g/mol. The van der Waals surface area contributed by atoms with E-state index >= 15 is 0 Å². The maximum Gasteiger partial charge on any atom is 0.328 e. The Balaban J connectivity index is 2.18. The van der Waals surface area contributed by atoms with Crippen molar-refractivity contribution in [1.82, 2.24) is 10.6 Å². The highest BCUT2D eigenvalue weighted by Crippen LogP contribution is 2.41. The van der Waals surface area contributed by atoms with Crippen LogP contribution < -0.4 is 10.6 Å². The van der Waals surface area contributed by atoms with Crippen LogP contribution in [0.25, 0.3) is 0 Å². The van der Waals surface area contributed by atoms with Gasteiger partial charge in [0, 0.05) is 0 Å². The molecule has 3 N–H and O–H groups in total. The molecule has 3 rings (SSSR count). The van der Waals surface area contributed by atoms with Crippen LogP contribution in [0.3, 0.4) is 0 Å². The number of hydrogen-bond donors (Lipinski definition) is 3. The van der Waals surface area contributed by atoms with Gasteiger partial charge in [0.05, 0.1) is 4.88 Å². The predicted molar refractivity (Wildman–Crippen MR) is 73.3 cm³/mol. The molecule has 8 heteroatoms. The molecule has 21 heavy (non-hydrogen) atoms. The third-order valence-electron chi connectivity index (χ3n) is 4.17. The first-order valence-corrected chi connectivity index (χ1v) is 7.69. The highest BCUT2D eigenvalue weighted by Gasteiger charge is 2.68. The van der Waals surface area contributed by atoms with Gasteiger partial charge in [0.1, 0.15) is 13.1 Å². The Morgan fingerprint density at radius 3 is 2.24 bits per heavy atom. The van der Waals surface area contributed by atoms with Crippen molar-refractivity contribution in [3.8, 4) is 0 Å². The zero-order chi connectivity index (χ0) is 15.1. The molecule has 0 radical (unpaired) electrons. The molecule has 0 spiro atoms. The van der Waals surface area contributed by atoms with Gasteiger partial charge < -0.3 is 0 Å². The Hall–Kier alpha value is -1.77. The van der Waals surface area contributed by atoms with Gasteiger partial charge in [0.25, 0.3) is 0 Å². The number of rotatable bonds is 2. The van der Waals surface area contributed by atoms with Gasteiger partial charge in [-0.1, -0.05) is 6.07 Å². The number of hydrogen-bond acceptors (Lipinski definition) is 5. The highest BCUT2D eigenvalue weighted by molar-refractivity contribution is 7.10. The molecule has 0 atom stereocenters. The smallest absolute Gasteiger partial charge is 0.271 e. The van der Waals surface area contributed by atoms with Crippen molar-refractivity contribution in [2.45, 2.75) is 24.8 Å². The normalized spacial score (nSPS) is 24.3. The van der Waals surface area contributed by atoms with Gasteiger partial charge in [-0.2, -0.15) is 4.65 Å². The molecule has 0 aromatic carbocycles. The number of thiophene rings is 1. The van der Waals surface area contributed by atoms with Crippen molar-refractivity contribution < 1.29 is 24.2 Å². The van der Waals surface area contributed by atoms with Gasteiger partial charge in [-0.05, 0) is 30.7 Å². The molecule has 0 saturated carbocycles. The van der Waals surface area contributed by atoms with E-state index in [0.717, 1.165) is 19.3 Å². The molecular formula is C13H16N3O4S+. The highest BCUT2D eigenvalue weighted by atomic mass is 32.1. The van der Waals surface area contributed by atoms with Gasteiger partial charge in [-0.15, -0.1) is 11.3 Å². The van der Waals surface area contributed by atoms with Crippen LogP contribution in [-0.2, 0) is 15.1 Å². The van der Waals surface area contributed by atoms with E-state index in [1.165, 1.54) is 11.3 Å². The van der Waals surface area contributed by atoms with Crippen LogP contribution in [0.1, 0.15) is 24.1 Å². The second-order valence-corrected chi connectivity index (χ2v) is 6.30. The summed E-state index contributed by atoms with van der Waals surface area (Å²) in [6.07, 6.45) is 2.39. The van der Waals surface area contributed by atoms with Crippen LogP contribution in [-0.4, -0.2) is 40.8 Å². The summed E-state index contributed by atoms with van der Waals surface area (Å²) < 4.78 is -0.682. The van der Waals surface area contributed by atoms with Crippen LogP contribution in [0.15, 0.2) is 17.5 Å². The molecule has 2 aliphatic heterocycles. The minimum Gasteiger partial charge on any atom is -0.271 e. The van der Waals surface area contributed by atoms with E-state index in [0.29, 0.717) is 18.0 Å². The predicted octanol–water partition coefficient (Wildman–Crippen LogP) is 0.699. The summed E-state index contributed by atoms with van der Waals surface area (Å²) in [5, 5.41) is 17.1. The number of quaternary nitrogens is 1. The van der Waals surface area contributed by atoms with E-state index in [2.05, 4.69) is 10.6 Å². The summed E-state index contributed by atoms with van der Waals surface area (Å²) >= 11 is 1.22. The summed E-state index contributed by atoms with van der Waals surface area (Å²) in [5.41, 5.74) is -1.80. The van der Waals surface area contributed by atoms with Crippen molar-refractivity contribution in [2.75, 3.05) is 13.1 Å². The lowest BCUT2D eigenvalue weighted by Crippen LogP contribution is -2.77. The quantitative estimate of drug-likeness (QED) is 0.553. The second-order valence-electron chi connectivity index (χ2n) is 5.36. The Bertz CT molecular complexity index is 573. The zero-order valence-corrected chi connectivity index (χ0v) is 12.1. The van der Waals surface area contributed by atoms with E-state index in [-0.39, 0.29) is 0 Å². The Morgan fingerprint density at radius 2 is 1.71 bits per heavy atom. The van der Waals surface area contributed by atoms with E-state index in [9.17, 15) is 19.6 Å². The molecule has 4 amide bonds. The molecule has 0 bridgehead atoms. The molecule has 2 aliphatic rings. The number of imide groups is 2. The molecule has 0 aliphatic carbocycles. The number of carbonyl (C=O) groups is 3. The van der Waals surface area contributed by atoms with E-state index in [1.807, 2.05) is 0 Å². The van der Waals surface area contributed by atoms with Crippen LogP contribution >= 0.6 is 11.3 Å². The van der Waals surface area contributed by atoms with Crippen molar-refractivity contribution in [1.29, 1.82) is 0 Å². The van der Waals surface area contributed by atoms with Gasteiger partial charge in [-0.3, -0.25) is 20.2 Å². The fourth-order valence-corrected chi connectivity index (χ4v) is 4.17. The number of amides is 4. The van der Waals surface area contributed by atoms with E-state index < -0.39 is 28.0 Å². The van der Waals surface area contributed by atoms with Gasteiger partial charge in [-0.25, -0.2) is 10.0 Å². The fourth-order valence-electron chi connectivity index (χ4n) is 3.18. The average Bonchev–Trinajstić information content (AvgIpc) is 2.93. The molecule has 1 aromatic heterocycles. The number of urea groups is 1. The molecule has 112 valence electrons. The minimum atomic E-state index is -1.80. The number of piperidine rings is 1. The summed E-state index contributed by atoms with van der Waals surface area (Å²) in [4.78, 5) is 37.0. The maximum atomic E-state index is 12.6. The number of hydroxylamine groups is 3. The second kappa shape index (κ2) is 4.90. The third-order valence-corrected chi connectivity index (χ3v) is 5.15. The minimum absolute atomic E-state index is 0.299. The standard InChI is InChI=1S/C13H15N3O4S/c17-10-13(9-5-4-8-21-9,11(18)15-12(19)14-10)16(20)6-2-1-3-7-16/h4-5,8,20H,1-3,6-7H2,(H-,14,15,17,18,19)/p+1. The Morgan fingerprint density at radius 1 is 1.10 bits per heavy atom. The first kappa shape index (κ1) is 14.2. The van der Waals surface area contributed by atoms with Crippen molar-refractivity contribution in [3.63, 3.8) is 0 Å². The van der Waals surface area contributed by atoms with Crippen LogP contribution in [0.2, 0.25) is 0 Å². The molecule has 0 unspecified atom stereocenters. The summed E-state index contributed by atoms with van der Waals surface area (Å²) in [6, 6.07) is 2.51. The van der Waals surface area contributed by atoms with Gasteiger partial charge in [0.2, 0.25) is 0 Å². The van der Waals surface area contributed by atoms with Crippen molar-refractivity contribution in [3.05, 3.63) is 22.4 Å². The molecule has 1 aromatic rings. The van der Waals surface area contributed by atoms with Crippen LogP contribution in [0, 0.1) is 0 Å². The zero-order valence-electron chi connectivity index (χ0n) is 11.3. The number of nitrogens with zero attached hydrogens (tertiary/aromatic N) is 1. The molecule has 2 fully saturated rings. The Kier molecular flexibility index (Phi) is 3.31. The lowest BCUT2D eigenvalue weighted by Gasteiger charge is -2.46. The van der Waals surface area contributed by atoms with Crippen molar-refractivity contribution in [2.24, 2.45) is 0 Å². The molecule has 3 heterocycles. The number of barbiturate groups is 1. The topological polar surface area (TPSA) is 95.5 Å². The molecule has 2 saturated heterocycles. The first-order valence-electron chi connectivity index (χ1n) is 6.81. The first-order chi connectivity index (χ1) is 10.0. The fraction of sp³-hybridized carbons (Fsp3) is 0.462. The third kappa shape index (κ3) is 1.90. The van der Waals surface area contributed by atoms with E-state index in [1.54, 1.807) is 17.5 Å². The Labute approximate surface area is 125 Å². The number of carbonyl (C=O) groups excluding carboxylic acids is 3. The number of likely N-dealkylation sites (tertiary alicyclic amines) is 1. The summed E-state index contributed by atoms with van der Waals surface area (Å²) in [6.45, 7) is 0.597. The monoisotopic (exact) mass is 310 g/mol. The van der Waals surface area contributed by atoms with Crippen LogP contribution in [0.5, 0.6) is 0 Å². The van der Waals surface area contributed by atoms with Gasteiger partial charge >= 0.3 is 23.4 Å². The molecular weight excluding hydrogens is 294 g/mol. The van der Waals surface area contributed by atoms with Gasteiger partial charge in [0.15, 0.2) is 0 Å². The maximum absolute atomic E-state index is 12.6. The number of nitrogens with one attached hydrogen (secondary N) is 2.